The lowest BCUT2D eigenvalue weighted by molar-refractivity contribution is 0.321. The molecular weight excluding hydrogens is 312 g/mol. The number of likely N-dealkylation sites (N-methyl/N-ethyl adjacent to an activating group) is 1. The molecular formula is C21H32N2S. The first kappa shape index (κ1) is 22.5. The van der Waals surface area contributed by atoms with E-state index in [0.717, 1.165) is 18.5 Å². The van der Waals surface area contributed by atoms with Crippen molar-refractivity contribution in [3.05, 3.63) is 59.1 Å². The smallest absolute Gasteiger partial charge is 0.0960 e. The molecule has 2 unspecified atom stereocenters. The Morgan fingerprint density at radius 2 is 2.04 bits per heavy atom. The number of rotatable bonds is 10. The van der Waals surface area contributed by atoms with Crippen LogP contribution < -0.4 is 0 Å². The lowest BCUT2D eigenvalue weighted by atomic mass is 10.0. The number of nitriles is 1. The maximum absolute atomic E-state index is 9.13. The Morgan fingerprint density at radius 3 is 2.54 bits per heavy atom. The summed E-state index contributed by atoms with van der Waals surface area (Å²) < 4.78 is 0. The fourth-order valence-electron chi connectivity index (χ4n) is 2.38. The summed E-state index contributed by atoms with van der Waals surface area (Å²) >= 11 is 1.76. The standard InChI is InChI=1S/C21H32N2S/c1-8-10-11-21(24-7)15-18(4)14-17(3)12-13-23(6)19(5)20(9-2)16-22/h8-12,15,18-19H,1,13-14H2,2-7H3/b11-10-,17-12+,20-9-,21-15+. The average Bonchev–Trinajstić information content (AvgIpc) is 2.57. The molecule has 2 atom stereocenters. The molecule has 0 saturated carbocycles. The Labute approximate surface area is 153 Å². The maximum atomic E-state index is 9.13. The third-order valence-corrected chi connectivity index (χ3v) is 4.75. The van der Waals surface area contributed by atoms with Crippen LogP contribution in [0.5, 0.6) is 0 Å². The van der Waals surface area contributed by atoms with Crippen LogP contribution in [0.4, 0.5) is 0 Å². The van der Waals surface area contributed by atoms with E-state index >= 15 is 0 Å². The molecule has 24 heavy (non-hydrogen) atoms. The minimum atomic E-state index is 0.147. The van der Waals surface area contributed by atoms with Gasteiger partial charge in [-0.15, -0.1) is 11.8 Å². The fraction of sp³-hybridized carbons (Fsp3) is 0.476. The molecule has 0 aromatic heterocycles. The molecule has 0 heterocycles. The van der Waals surface area contributed by atoms with Crippen LogP contribution in [0, 0.1) is 17.2 Å². The van der Waals surface area contributed by atoms with Crippen molar-refractivity contribution in [3.63, 3.8) is 0 Å². The summed E-state index contributed by atoms with van der Waals surface area (Å²) in [6.45, 7) is 13.0. The van der Waals surface area contributed by atoms with Crippen molar-refractivity contribution in [1.29, 1.82) is 5.26 Å². The van der Waals surface area contributed by atoms with Gasteiger partial charge in [-0.1, -0.05) is 49.5 Å². The van der Waals surface area contributed by atoms with Gasteiger partial charge in [0.2, 0.25) is 0 Å². The fourth-order valence-corrected chi connectivity index (χ4v) is 2.96. The highest BCUT2D eigenvalue weighted by molar-refractivity contribution is 8.02. The number of thioether (sulfide) groups is 1. The van der Waals surface area contributed by atoms with Gasteiger partial charge in [0, 0.05) is 23.1 Å². The molecule has 0 aromatic rings. The van der Waals surface area contributed by atoms with Crippen molar-refractivity contribution in [2.45, 2.75) is 40.2 Å². The van der Waals surface area contributed by atoms with E-state index in [2.05, 4.69) is 69.9 Å². The molecule has 0 bridgehead atoms. The first-order valence-electron chi connectivity index (χ1n) is 8.36. The Morgan fingerprint density at radius 1 is 1.38 bits per heavy atom. The zero-order valence-electron chi connectivity index (χ0n) is 16.0. The highest BCUT2D eigenvalue weighted by atomic mass is 32.2. The second kappa shape index (κ2) is 12.9. The largest absolute Gasteiger partial charge is 0.295 e. The molecule has 132 valence electrons. The number of hydrogen-bond donors (Lipinski definition) is 0. The summed E-state index contributed by atoms with van der Waals surface area (Å²) in [7, 11) is 2.06. The normalized spacial score (nSPS) is 16.3. The predicted octanol–water partition coefficient (Wildman–Crippen LogP) is 5.74. The highest BCUT2D eigenvalue weighted by Crippen LogP contribution is 2.20. The number of allylic oxidation sites excluding steroid dienone is 6. The van der Waals surface area contributed by atoms with E-state index < -0.39 is 0 Å². The third kappa shape index (κ3) is 8.96. The molecule has 0 aromatic carbocycles. The van der Waals surface area contributed by atoms with Gasteiger partial charge in [-0.05, 0) is 52.5 Å². The summed E-state index contributed by atoms with van der Waals surface area (Å²) in [6.07, 6.45) is 15.5. The van der Waals surface area contributed by atoms with Gasteiger partial charge < -0.3 is 0 Å². The zero-order valence-corrected chi connectivity index (χ0v) is 16.9. The van der Waals surface area contributed by atoms with Crippen molar-refractivity contribution in [1.82, 2.24) is 4.90 Å². The minimum absolute atomic E-state index is 0.147. The van der Waals surface area contributed by atoms with Crippen LogP contribution in [0.25, 0.3) is 0 Å². The molecule has 0 radical (unpaired) electrons. The van der Waals surface area contributed by atoms with E-state index in [4.69, 9.17) is 5.26 Å². The van der Waals surface area contributed by atoms with E-state index in [9.17, 15) is 0 Å². The molecule has 2 nitrogen and oxygen atoms in total. The van der Waals surface area contributed by atoms with Gasteiger partial charge in [0.1, 0.15) is 0 Å². The highest BCUT2D eigenvalue weighted by Gasteiger charge is 2.12. The van der Waals surface area contributed by atoms with Gasteiger partial charge in [0.25, 0.3) is 0 Å². The van der Waals surface area contributed by atoms with E-state index in [1.807, 2.05) is 19.1 Å². The summed E-state index contributed by atoms with van der Waals surface area (Å²) in [5.41, 5.74) is 2.20. The summed E-state index contributed by atoms with van der Waals surface area (Å²) in [5, 5.41) is 9.13. The molecule has 0 spiro atoms. The molecule has 0 aliphatic carbocycles. The van der Waals surface area contributed by atoms with Crippen molar-refractivity contribution in [2.24, 2.45) is 5.92 Å². The first-order valence-corrected chi connectivity index (χ1v) is 9.59. The zero-order chi connectivity index (χ0) is 18.5. The van der Waals surface area contributed by atoms with Crippen LogP contribution in [-0.2, 0) is 0 Å². The lowest BCUT2D eigenvalue weighted by Crippen LogP contribution is -2.30. The molecule has 0 aliphatic rings. The molecule has 0 fully saturated rings. The second-order valence-corrected chi connectivity index (χ2v) is 6.95. The van der Waals surface area contributed by atoms with Gasteiger partial charge in [0.15, 0.2) is 0 Å². The van der Waals surface area contributed by atoms with Crippen molar-refractivity contribution >= 4 is 11.8 Å². The molecule has 0 N–H and O–H groups in total. The number of hydrogen-bond acceptors (Lipinski definition) is 3. The Kier molecular flexibility index (Phi) is 12.1. The maximum Gasteiger partial charge on any atom is 0.0960 e. The molecule has 0 saturated heterocycles. The van der Waals surface area contributed by atoms with E-state index in [1.54, 1.807) is 17.8 Å². The van der Waals surface area contributed by atoms with Crippen LogP contribution in [-0.4, -0.2) is 30.8 Å². The first-order chi connectivity index (χ1) is 11.4. The lowest BCUT2D eigenvalue weighted by Gasteiger charge is -2.23. The van der Waals surface area contributed by atoms with Crippen molar-refractivity contribution in [2.75, 3.05) is 19.8 Å². The van der Waals surface area contributed by atoms with Gasteiger partial charge in [-0.3, -0.25) is 4.90 Å². The SMILES string of the molecule is C=C/C=C\C(=C/C(C)C/C(C)=C/CN(C)C(C)/C(C#N)=C\C)SC. The van der Waals surface area contributed by atoms with Crippen LogP contribution in [0.1, 0.15) is 34.1 Å². The number of nitrogens with zero attached hydrogens (tertiary/aromatic N) is 2. The second-order valence-electron chi connectivity index (χ2n) is 6.07. The van der Waals surface area contributed by atoms with Crippen LogP contribution >= 0.6 is 11.8 Å². The average molecular weight is 345 g/mol. The van der Waals surface area contributed by atoms with E-state index in [0.29, 0.717) is 5.92 Å². The Balaban J connectivity index is 4.70. The predicted molar refractivity (Wildman–Crippen MR) is 110 cm³/mol. The van der Waals surface area contributed by atoms with Gasteiger partial charge in [0.05, 0.1) is 6.07 Å². The van der Waals surface area contributed by atoms with Crippen LogP contribution in [0.2, 0.25) is 0 Å². The van der Waals surface area contributed by atoms with E-state index in [-0.39, 0.29) is 6.04 Å². The minimum Gasteiger partial charge on any atom is -0.295 e. The summed E-state index contributed by atoms with van der Waals surface area (Å²) in [5.74, 6) is 0.492. The van der Waals surface area contributed by atoms with Gasteiger partial charge in [-0.25, -0.2) is 0 Å². The van der Waals surface area contributed by atoms with E-state index in [1.165, 1.54) is 10.5 Å². The third-order valence-electron chi connectivity index (χ3n) is 4.00. The molecule has 3 heteroatoms. The topological polar surface area (TPSA) is 27.0 Å². The summed E-state index contributed by atoms with van der Waals surface area (Å²) in [6, 6.07) is 2.42. The van der Waals surface area contributed by atoms with Crippen LogP contribution in [0.15, 0.2) is 59.1 Å². The molecule has 0 amide bonds. The Hall–Kier alpha value is -1.50. The quantitative estimate of drug-likeness (QED) is 0.287. The molecule has 0 rings (SSSR count). The Bertz CT molecular complexity index is 547. The van der Waals surface area contributed by atoms with Crippen LogP contribution in [0.3, 0.4) is 0 Å². The van der Waals surface area contributed by atoms with Gasteiger partial charge >= 0.3 is 0 Å². The molecule has 0 aliphatic heterocycles. The van der Waals surface area contributed by atoms with Crippen molar-refractivity contribution < 1.29 is 0 Å². The van der Waals surface area contributed by atoms with Crippen molar-refractivity contribution in [3.8, 4) is 6.07 Å². The monoisotopic (exact) mass is 344 g/mol. The van der Waals surface area contributed by atoms with Gasteiger partial charge in [-0.2, -0.15) is 5.26 Å². The summed E-state index contributed by atoms with van der Waals surface area (Å²) in [4.78, 5) is 3.47.